The molecule has 0 saturated carbocycles. The van der Waals surface area contributed by atoms with Crippen molar-refractivity contribution in [1.82, 2.24) is 15.3 Å². The molecule has 1 heterocycles. The number of urea groups is 1. The Kier molecular flexibility index (Phi) is 5.74. The van der Waals surface area contributed by atoms with Crippen molar-refractivity contribution in [3.63, 3.8) is 0 Å². The topological polar surface area (TPSA) is 127 Å². The zero-order chi connectivity index (χ0) is 19.6. The lowest BCUT2D eigenvalue weighted by Crippen LogP contribution is -2.72. The highest BCUT2D eigenvalue weighted by molar-refractivity contribution is 6.34. The van der Waals surface area contributed by atoms with Gasteiger partial charge in [0.05, 0.1) is 0 Å². The molecule has 0 aromatic heterocycles. The first-order valence-corrected chi connectivity index (χ1v) is 7.24. The van der Waals surface area contributed by atoms with Gasteiger partial charge in [-0.1, -0.05) is 5.16 Å². The second kappa shape index (κ2) is 7.05. The molecule has 11 heteroatoms. The van der Waals surface area contributed by atoms with Gasteiger partial charge in [-0.05, 0) is 27.7 Å². The Hall–Kier alpha value is -2.69. The van der Waals surface area contributed by atoms with E-state index in [0.29, 0.717) is 9.80 Å². The molecule has 0 spiro atoms. The fraction of sp³-hybridized carbons (Fsp3) is 0.643. The molecule has 1 saturated heterocycles. The smallest absolute Gasteiger partial charge is 0.431 e. The lowest BCUT2D eigenvalue weighted by molar-refractivity contribution is -0.172. The Morgan fingerprint density at radius 2 is 1.60 bits per heavy atom. The van der Waals surface area contributed by atoms with E-state index in [1.54, 1.807) is 20.8 Å². The van der Waals surface area contributed by atoms with Crippen LogP contribution in [0.5, 0.6) is 0 Å². The van der Waals surface area contributed by atoms with Crippen molar-refractivity contribution in [1.29, 1.82) is 0 Å². The summed E-state index contributed by atoms with van der Waals surface area (Å²) in [5.41, 5.74) is -1.54. The molecule has 0 atom stereocenters. The highest BCUT2D eigenvalue weighted by atomic mass is 16.7. The number of hydroxylamine groups is 1. The second-order valence-corrected chi connectivity index (χ2v) is 6.26. The minimum atomic E-state index is -2.40. The zero-order valence-corrected chi connectivity index (χ0v) is 15.2. The number of amides is 5. The molecule has 1 rings (SSSR count). The van der Waals surface area contributed by atoms with Gasteiger partial charge in [-0.25, -0.2) is 14.4 Å². The number of ether oxygens (including phenoxy) is 1. The number of rotatable bonds is 4. The molecule has 0 aliphatic carbocycles. The molecule has 1 aliphatic rings. The fourth-order valence-electron chi connectivity index (χ4n) is 2.05. The van der Waals surface area contributed by atoms with Gasteiger partial charge in [0, 0.05) is 14.1 Å². The number of likely N-dealkylation sites (N-methyl/N-ethyl adjacent to an activating group) is 2. The Balaban J connectivity index is 3.25. The van der Waals surface area contributed by atoms with Gasteiger partial charge in [0.1, 0.15) is 18.4 Å². The number of carbonyl (C=O) groups excluding carboxylic acids is 4. The number of nitrogens with zero attached hydrogens (tertiary/aromatic N) is 3. The summed E-state index contributed by atoms with van der Waals surface area (Å²) in [5, 5.41) is 3.56. The molecule has 0 aromatic rings. The van der Waals surface area contributed by atoms with Gasteiger partial charge in [0.15, 0.2) is 0 Å². The summed E-state index contributed by atoms with van der Waals surface area (Å²) in [6.07, 6.45) is -1.03. The van der Waals surface area contributed by atoms with Crippen LogP contribution in [-0.2, 0) is 24.0 Å². The van der Waals surface area contributed by atoms with E-state index in [9.17, 15) is 19.2 Å². The van der Waals surface area contributed by atoms with Crippen molar-refractivity contribution < 1.29 is 33.6 Å². The van der Waals surface area contributed by atoms with Crippen LogP contribution in [0.15, 0.2) is 5.16 Å². The quantitative estimate of drug-likeness (QED) is 0.434. The van der Waals surface area contributed by atoms with E-state index < -0.39 is 35.1 Å². The number of imide groups is 2. The van der Waals surface area contributed by atoms with Crippen LogP contribution in [0.25, 0.3) is 0 Å². The fourth-order valence-corrected chi connectivity index (χ4v) is 2.05. The Morgan fingerprint density at radius 1 is 1.12 bits per heavy atom. The summed E-state index contributed by atoms with van der Waals surface area (Å²) in [6.45, 7) is 6.15. The monoisotopic (exact) mass is 358 g/mol. The van der Waals surface area contributed by atoms with E-state index in [0.717, 1.165) is 0 Å². The van der Waals surface area contributed by atoms with Gasteiger partial charge >= 0.3 is 12.1 Å². The third-order valence-corrected chi connectivity index (χ3v) is 3.21. The Labute approximate surface area is 144 Å². The molecule has 0 radical (unpaired) electrons. The number of barbiturate groups is 1. The van der Waals surface area contributed by atoms with Crippen molar-refractivity contribution in [3.8, 4) is 0 Å². The van der Waals surface area contributed by atoms with Crippen LogP contribution in [0.4, 0.5) is 9.59 Å². The average molecular weight is 358 g/mol. The molecule has 0 bridgehead atoms. The van der Waals surface area contributed by atoms with E-state index in [2.05, 4.69) is 9.99 Å². The molecule has 5 amide bonds. The third-order valence-electron chi connectivity index (χ3n) is 3.21. The highest BCUT2D eigenvalue weighted by Crippen LogP contribution is 2.25. The molecular weight excluding hydrogens is 336 g/mol. The molecular formula is C14H22N4O7. The van der Waals surface area contributed by atoms with Crippen molar-refractivity contribution in [2.75, 3.05) is 21.2 Å². The van der Waals surface area contributed by atoms with Crippen LogP contribution >= 0.6 is 0 Å². The van der Waals surface area contributed by atoms with Crippen LogP contribution in [0.2, 0.25) is 0 Å². The lowest BCUT2D eigenvalue weighted by atomic mass is 9.93. The van der Waals surface area contributed by atoms with E-state index >= 15 is 0 Å². The van der Waals surface area contributed by atoms with Crippen LogP contribution in [0.3, 0.4) is 0 Å². The molecule has 25 heavy (non-hydrogen) atoms. The summed E-state index contributed by atoms with van der Waals surface area (Å²) < 4.78 is 5.00. The van der Waals surface area contributed by atoms with Crippen LogP contribution < -0.4 is 5.48 Å². The number of carbonyl (C=O) groups is 4. The van der Waals surface area contributed by atoms with Crippen molar-refractivity contribution in [2.45, 2.75) is 38.9 Å². The maximum atomic E-state index is 12.6. The van der Waals surface area contributed by atoms with Crippen LogP contribution in [0.1, 0.15) is 27.7 Å². The predicted octanol–water partition coefficient (Wildman–Crippen LogP) is 0.254. The number of nitrogens with one attached hydrogen (secondary N) is 1. The lowest BCUT2D eigenvalue weighted by Gasteiger charge is -2.39. The first kappa shape index (κ1) is 20.4. The molecule has 11 nitrogen and oxygen atoms in total. The van der Waals surface area contributed by atoms with E-state index in [-0.39, 0.29) is 5.71 Å². The average Bonchev–Trinajstić information content (AvgIpc) is 2.50. The largest absolute Gasteiger partial charge is 0.442 e. The minimum absolute atomic E-state index is 0.216. The van der Waals surface area contributed by atoms with Crippen molar-refractivity contribution >= 4 is 29.7 Å². The standard InChI is InChI=1S/C14H22N4O7/c1-8(15-23-7)14(25-16-11(21)24-13(2,3)4)9(19)17(5)12(22)18(6)10(14)20/h1-7H3,(H,16,21). The highest BCUT2D eigenvalue weighted by Gasteiger charge is 2.61. The minimum Gasteiger partial charge on any atom is -0.442 e. The molecule has 0 aromatic carbocycles. The van der Waals surface area contributed by atoms with Crippen molar-refractivity contribution in [2.24, 2.45) is 5.16 Å². The SMILES string of the molecule is CON=C(C)C1(ONC(=O)OC(C)(C)C)C(=O)N(C)C(=O)N(C)C1=O. The van der Waals surface area contributed by atoms with E-state index in [4.69, 9.17) is 9.57 Å². The first-order valence-electron chi connectivity index (χ1n) is 7.24. The summed E-state index contributed by atoms with van der Waals surface area (Å²) in [5.74, 6) is -2.06. The third kappa shape index (κ3) is 3.87. The second-order valence-electron chi connectivity index (χ2n) is 6.26. The first-order chi connectivity index (χ1) is 11.4. The normalized spacial score (nSPS) is 18.4. The van der Waals surface area contributed by atoms with Crippen LogP contribution in [0, 0.1) is 0 Å². The van der Waals surface area contributed by atoms with Crippen LogP contribution in [-0.4, -0.2) is 71.9 Å². The number of oxime groups is 1. The van der Waals surface area contributed by atoms with E-state index in [1.165, 1.54) is 28.1 Å². The van der Waals surface area contributed by atoms with Crippen molar-refractivity contribution in [3.05, 3.63) is 0 Å². The van der Waals surface area contributed by atoms with Gasteiger partial charge in [-0.2, -0.15) is 5.48 Å². The maximum absolute atomic E-state index is 12.6. The van der Waals surface area contributed by atoms with Gasteiger partial charge in [0.25, 0.3) is 17.4 Å². The summed E-state index contributed by atoms with van der Waals surface area (Å²) in [6, 6.07) is -0.850. The Morgan fingerprint density at radius 3 is 2.00 bits per heavy atom. The van der Waals surface area contributed by atoms with Gasteiger partial charge in [0.2, 0.25) is 0 Å². The number of hydrogen-bond donors (Lipinski definition) is 1. The molecule has 0 unspecified atom stereocenters. The Bertz CT molecular complexity index is 599. The summed E-state index contributed by atoms with van der Waals surface area (Å²) in [4.78, 5) is 60.1. The predicted molar refractivity (Wildman–Crippen MR) is 84.2 cm³/mol. The molecule has 140 valence electrons. The van der Waals surface area contributed by atoms with Gasteiger partial charge in [-0.15, -0.1) is 0 Å². The van der Waals surface area contributed by atoms with E-state index in [1.807, 2.05) is 5.48 Å². The summed E-state index contributed by atoms with van der Waals surface area (Å²) >= 11 is 0. The molecule has 1 aliphatic heterocycles. The zero-order valence-electron chi connectivity index (χ0n) is 15.2. The summed E-state index contributed by atoms with van der Waals surface area (Å²) in [7, 11) is 3.54. The van der Waals surface area contributed by atoms with Gasteiger partial charge in [-0.3, -0.25) is 19.4 Å². The number of hydrogen-bond acceptors (Lipinski definition) is 8. The molecule has 1 fully saturated rings. The molecule has 1 N–H and O–H groups in total. The maximum Gasteiger partial charge on any atom is 0.431 e. The van der Waals surface area contributed by atoms with Gasteiger partial charge < -0.3 is 9.57 Å².